The Labute approximate surface area is 202 Å². The van der Waals surface area contributed by atoms with E-state index in [0.717, 1.165) is 31.4 Å². The van der Waals surface area contributed by atoms with Crippen LogP contribution in [-0.4, -0.2) is 41.2 Å². The second kappa shape index (κ2) is 9.81. The Morgan fingerprint density at radius 2 is 1.65 bits per heavy atom. The molecule has 1 aromatic carbocycles. The molecule has 0 aliphatic heterocycles. The molecule has 4 fully saturated rings. The van der Waals surface area contributed by atoms with Gasteiger partial charge in [0.2, 0.25) is 11.8 Å². The number of hydrogen-bond donors (Lipinski definition) is 0. The van der Waals surface area contributed by atoms with Crippen LogP contribution in [-0.2, 0) is 22.6 Å². The maximum Gasteiger partial charge on any atom is 0.242 e. The number of carbonyl (C=O) groups excluding carboxylic acids is 2. The average molecular weight is 461 g/mol. The maximum absolute atomic E-state index is 13.9. The number of nitrogens with zero attached hydrogens (tertiary/aromatic N) is 2. The van der Waals surface area contributed by atoms with Gasteiger partial charge in [-0.25, -0.2) is 0 Å². The van der Waals surface area contributed by atoms with Crippen LogP contribution in [0.5, 0.6) is 0 Å². The fourth-order valence-corrected chi connectivity index (χ4v) is 7.14. The van der Waals surface area contributed by atoms with Crippen LogP contribution < -0.4 is 0 Å². The van der Waals surface area contributed by atoms with Crippen LogP contribution in [0.2, 0.25) is 0 Å². The fraction of sp³-hybridized carbons (Fsp3) is 0.517. The number of furan rings is 1. The van der Waals surface area contributed by atoms with E-state index < -0.39 is 0 Å². The van der Waals surface area contributed by atoms with Crippen molar-refractivity contribution in [2.24, 2.45) is 23.2 Å². The highest BCUT2D eigenvalue weighted by atomic mass is 16.3. The number of amides is 2. The van der Waals surface area contributed by atoms with E-state index in [1.54, 1.807) is 17.2 Å². The molecule has 4 aliphatic rings. The zero-order chi connectivity index (χ0) is 23.5. The Kier molecular flexibility index (Phi) is 6.62. The summed E-state index contributed by atoms with van der Waals surface area (Å²) < 4.78 is 5.54. The first-order valence-corrected chi connectivity index (χ1v) is 12.8. The van der Waals surface area contributed by atoms with Crippen molar-refractivity contribution >= 4 is 11.8 Å². The molecule has 2 aromatic rings. The van der Waals surface area contributed by atoms with E-state index in [0.29, 0.717) is 37.4 Å². The number of rotatable bonds is 10. The van der Waals surface area contributed by atoms with E-state index >= 15 is 0 Å². The normalized spacial score (nSPS) is 26.9. The van der Waals surface area contributed by atoms with Gasteiger partial charge in [0.25, 0.3) is 0 Å². The first-order chi connectivity index (χ1) is 16.5. The predicted octanol–water partition coefficient (Wildman–Crippen LogP) is 5.08. The predicted molar refractivity (Wildman–Crippen MR) is 132 cm³/mol. The lowest BCUT2D eigenvalue weighted by Gasteiger charge is -2.56. The van der Waals surface area contributed by atoms with Gasteiger partial charge in [0.05, 0.1) is 18.2 Å². The van der Waals surface area contributed by atoms with Crippen LogP contribution in [0.25, 0.3) is 0 Å². The Morgan fingerprint density at radius 1 is 0.971 bits per heavy atom. The lowest BCUT2D eigenvalue weighted by molar-refractivity contribution is -0.159. The maximum atomic E-state index is 13.9. The molecule has 2 amide bonds. The van der Waals surface area contributed by atoms with Crippen LogP contribution in [0.15, 0.2) is 65.8 Å². The zero-order valence-corrected chi connectivity index (χ0v) is 20.0. The smallest absolute Gasteiger partial charge is 0.242 e. The molecular weight excluding hydrogens is 424 g/mol. The molecule has 34 heavy (non-hydrogen) atoms. The van der Waals surface area contributed by atoms with Crippen molar-refractivity contribution in [2.45, 2.75) is 51.5 Å². The van der Waals surface area contributed by atoms with Crippen LogP contribution in [0.4, 0.5) is 0 Å². The van der Waals surface area contributed by atoms with Gasteiger partial charge in [0.1, 0.15) is 12.3 Å². The Hall–Kier alpha value is -2.82. The summed E-state index contributed by atoms with van der Waals surface area (Å²) in [6.45, 7) is 5.39. The molecule has 180 valence electrons. The molecule has 1 aromatic heterocycles. The van der Waals surface area contributed by atoms with Gasteiger partial charge in [-0.05, 0) is 80.4 Å². The second-order valence-corrected chi connectivity index (χ2v) is 10.8. The van der Waals surface area contributed by atoms with E-state index in [1.165, 1.54) is 24.8 Å². The molecule has 0 atom stereocenters. The van der Waals surface area contributed by atoms with E-state index in [-0.39, 0.29) is 23.8 Å². The first kappa shape index (κ1) is 22.9. The summed E-state index contributed by atoms with van der Waals surface area (Å²) in [5, 5.41) is 0. The van der Waals surface area contributed by atoms with Gasteiger partial charge < -0.3 is 14.2 Å². The standard InChI is InChI=1S/C29H36N2O3/c1-2-11-31(28(33)29-17-23-14-24(18-29)16-25(15-23)19-29)21-27(32)30(20-26-9-6-13-34-26)12-10-22-7-4-3-5-8-22/h2-9,13,23-25H,1,10-12,14-21H2. The summed E-state index contributed by atoms with van der Waals surface area (Å²) in [4.78, 5) is 31.1. The van der Waals surface area contributed by atoms with Gasteiger partial charge >= 0.3 is 0 Å². The van der Waals surface area contributed by atoms with Gasteiger partial charge in [-0.3, -0.25) is 9.59 Å². The van der Waals surface area contributed by atoms with Crippen molar-refractivity contribution in [1.82, 2.24) is 9.80 Å². The van der Waals surface area contributed by atoms with Crippen LogP contribution in [0.1, 0.15) is 49.8 Å². The van der Waals surface area contributed by atoms with Crippen LogP contribution in [0, 0.1) is 23.2 Å². The zero-order valence-electron chi connectivity index (χ0n) is 20.0. The highest BCUT2D eigenvalue weighted by Crippen LogP contribution is 2.60. The molecule has 6 rings (SSSR count). The molecule has 0 N–H and O–H groups in total. The molecule has 5 heteroatoms. The van der Waals surface area contributed by atoms with Gasteiger partial charge in [-0.2, -0.15) is 0 Å². The molecular formula is C29H36N2O3. The minimum Gasteiger partial charge on any atom is -0.467 e. The van der Waals surface area contributed by atoms with Crippen molar-refractivity contribution in [2.75, 3.05) is 19.6 Å². The molecule has 4 aliphatic carbocycles. The Balaban J connectivity index is 1.30. The number of carbonyl (C=O) groups is 2. The van der Waals surface area contributed by atoms with Crippen molar-refractivity contribution in [3.8, 4) is 0 Å². The third-order valence-electron chi connectivity index (χ3n) is 8.25. The topological polar surface area (TPSA) is 53.8 Å². The monoisotopic (exact) mass is 460 g/mol. The van der Waals surface area contributed by atoms with Crippen molar-refractivity contribution < 1.29 is 14.0 Å². The summed E-state index contributed by atoms with van der Waals surface area (Å²) in [7, 11) is 0. The summed E-state index contributed by atoms with van der Waals surface area (Å²) in [6, 6.07) is 13.9. The third kappa shape index (κ3) is 4.84. The van der Waals surface area contributed by atoms with E-state index in [1.807, 2.05) is 35.2 Å². The molecule has 0 radical (unpaired) electrons. The van der Waals surface area contributed by atoms with Crippen molar-refractivity contribution in [3.05, 3.63) is 72.7 Å². The third-order valence-corrected chi connectivity index (χ3v) is 8.25. The summed E-state index contributed by atoms with van der Waals surface area (Å²) in [6.07, 6.45) is 11.0. The van der Waals surface area contributed by atoms with E-state index in [9.17, 15) is 9.59 Å². The van der Waals surface area contributed by atoms with Crippen molar-refractivity contribution in [1.29, 1.82) is 0 Å². The van der Waals surface area contributed by atoms with Gasteiger partial charge in [-0.15, -0.1) is 6.58 Å². The molecule has 0 unspecified atom stereocenters. The lowest BCUT2D eigenvalue weighted by Crippen LogP contribution is -2.56. The van der Waals surface area contributed by atoms with E-state index in [4.69, 9.17) is 4.42 Å². The Bertz CT molecular complexity index is 962. The highest BCUT2D eigenvalue weighted by Gasteiger charge is 2.55. The second-order valence-electron chi connectivity index (χ2n) is 10.8. The summed E-state index contributed by atoms with van der Waals surface area (Å²) >= 11 is 0. The first-order valence-electron chi connectivity index (χ1n) is 12.8. The summed E-state index contributed by atoms with van der Waals surface area (Å²) in [5.74, 6) is 2.98. The largest absolute Gasteiger partial charge is 0.467 e. The average Bonchev–Trinajstić information content (AvgIpc) is 3.34. The summed E-state index contributed by atoms with van der Waals surface area (Å²) in [5.41, 5.74) is 0.931. The number of benzene rings is 1. The quantitative estimate of drug-likeness (QED) is 0.465. The lowest BCUT2D eigenvalue weighted by atomic mass is 9.49. The molecule has 1 heterocycles. The SMILES string of the molecule is C=CCN(CC(=O)N(CCc1ccccc1)Cc1ccco1)C(=O)C12CC3CC(CC(C3)C1)C2. The van der Waals surface area contributed by atoms with Crippen LogP contribution in [0.3, 0.4) is 0 Å². The molecule has 0 spiro atoms. The Morgan fingerprint density at radius 3 is 2.24 bits per heavy atom. The molecule has 5 nitrogen and oxygen atoms in total. The van der Waals surface area contributed by atoms with Gasteiger partial charge in [0.15, 0.2) is 0 Å². The molecule has 4 saturated carbocycles. The molecule has 0 saturated heterocycles. The van der Waals surface area contributed by atoms with Crippen molar-refractivity contribution in [3.63, 3.8) is 0 Å². The highest BCUT2D eigenvalue weighted by molar-refractivity contribution is 5.88. The number of hydrogen-bond acceptors (Lipinski definition) is 3. The fourth-order valence-electron chi connectivity index (χ4n) is 7.14. The van der Waals surface area contributed by atoms with Gasteiger partial charge in [-0.1, -0.05) is 36.4 Å². The minimum atomic E-state index is -0.256. The molecule has 4 bridgehead atoms. The van der Waals surface area contributed by atoms with Gasteiger partial charge in [0, 0.05) is 13.1 Å². The van der Waals surface area contributed by atoms with E-state index in [2.05, 4.69) is 18.7 Å². The van der Waals surface area contributed by atoms with Crippen LogP contribution >= 0.6 is 0 Å². The minimum absolute atomic E-state index is 0.0349.